The van der Waals surface area contributed by atoms with Crippen LogP contribution in [0, 0.1) is 0 Å². The van der Waals surface area contributed by atoms with Crippen LogP contribution in [0.25, 0.3) is 0 Å². The molecule has 1 aromatic heterocycles. The van der Waals surface area contributed by atoms with Crippen LogP contribution in [-0.2, 0) is 23.0 Å². The molecule has 2 aromatic rings. The standard InChI is InChI=1S/C20H26N4O2S2/c1-21-20(24-14-11-16-7-3-4-8-18(16)24)22-15-17-9-10-19(27-17)28(25,26)23-12-5-2-6-13-23/h3-4,7-10H,2,5-6,11-15H2,1H3,(H,21,22). The summed E-state index contributed by atoms with van der Waals surface area (Å²) in [5.41, 5.74) is 2.52. The minimum Gasteiger partial charge on any atom is -0.351 e. The third-order valence-electron chi connectivity index (χ3n) is 5.32. The molecule has 0 unspecified atom stereocenters. The Morgan fingerprint density at radius 1 is 1.11 bits per heavy atom. The third-order valence-corrected chi connectivity index (χ3v) is 8.77. The summed E-state index contributed by atoms with van der Waals surface area (Å²) in [5.74, 6) is 0.818. The number of para-hydroxylation sites is 1. The lowest BCUT2D eigenvalue weighted by atomic mass is 10.2. The van der Waals surface area contributed by atoms with Gasteiger partial charge in [-0.2, -0.15) is 4.31 Å². The number of sulfonamides is 1. The Morgan fingerprint density at radius 3 is 2.68 bits per heavy atom. The van der Waals surface area contributed by atoms with E-state index in [9.17, 15) is 8.42 Å². The summed E-state index contributed by atoms with van der Waals surface area (Å²) in [4.78, 5) is 7.60. The van der Waals surface area contributed by atoms with Gasteiger partial charge in [0.15, 0.2) is 5.96 Å². The third kappa shape index (κ3) is 3.81. The van der Waals surface area contributed by atoms with Gasteiger partial charge in [0.05, 0.1) is 6.54 Å². The Balaban J connectivity index is 1.43. The van der Waals surface area contributed by atoms with E-state index < -0.39 is 10.0 Å². The van der Waals surface area contributed by atoms with Gasteiger partial charge in [-0.05, 0) is 43.0 Å². The molecule has 0 bridgehead atoms. The predicted molar refractivity (Wildman–Crippen MR) is 115 cm³/mol. The summed E-state index contributed by atoms with van der Waals surface area (Å²) in [6, 6.07) is 12.0. The Bertz CT molecular complexity index is 962. The first-order chi connectivity index (χ1) is 13.6. The highest BCUT2D eigenvalue weighted by Crippen LogP contribution is 2.29. The first-order valence-electron chi connectivity index (χ1n) is 9.74. The average Bonchev–Trinajstić information content (AvgIpc) is 3.37. The van der Waals surface area contributed by atoms with Crippen LogP contribution in [0.3, 0.4) is 0 Å². The van der Waals surface area contributed by atoms with Crippen molar-refractivity contribution in [2.24, 2.45) is 4.99 Å². The molecule has 0 amide bonds. The van der Waals surface area contributed by atoms with E-state index in [0.29, 0.717) is 23.8 Å². The molecule has 8 heteroatoms. The molecule has 0 atom stereocenters. The van der Waals surface area contributed by atoms with Crippen LogP contribution in [0.2, 0.25) is 0 Å². The SMILES string of the molecule is CN=C(NCc1ccc(S(=O)(=O)N2CCCCC2)s1)N1CCc2ccccc21. The van der Waals surface area contributed by atoms with Gasteiger partial charge in [-0.15, -0.1) is 11.3 Å². The molecule has 28 heavy (non-hydrogen) atoms. The molecule has 150 valence electrons. The zero-order chi connectivity index (χ0) is 19.6. The summed E-state index contributed by atoms with van der Waals surface area (Å²) in [5, 5.41) is 3.39. The van der Waals surface area contributed by atoms with Crippen molar-refractivity contribution in [1.82, 2.24) is 9.62 Å². The first-order valence-corrected chi connectivity index (χ1v) is 12.0. The second kappa shape index (κ2) is 8.23. The van der Waals surface area contributed by atoms with Gasteiger partial charge in [0, 0.05) is 37.2 Å². The molecule has 1 saturated heterocycles. The van der Waals surface area contributed by atoms with Gasteiger partial charge in [-0.3, -0.25) is 4.99 Å². The van der Waals surface area contributed by atoms with Gasteiger partial charge in [0.25, 0.3) is 10.0 Å². The minimum atomic E-state index is -3.36. The highest BCUT2D eigenvalue weighted by atomic mass is 32.2. The van der Waals surface area contributed by atoms with Gasteiger partial charge in [0.1, 0.15) is 4.21 Å². The second-order valence-electron chi connectivity index (χ2n) is 7.12. The molecule has 2 aliphatic rings. The number of rotatable bonds is 4. The molecule has 1 aromatic carbocycles. The maximum atomic E-state index is 12.8. The largest absolute Gasteiger partial charge is 0.351 e. The van der Waals surface area contributed by atoms with E-state index in [1.807, 2.05) is 12.1 Å². The minimum absolute atomic E-state index is 0.438. The van der Waals surface area contributed by atoms with Crippen LogP contribution < -0.4 is 10.2 Å². The first kappa shape index (κ1) is 19.4. The summed E-state index contributed by atoms with van der Waals surface area (Å²) in [6.07, 6.45) is 4.03. The Morgan fingerprint density at radius 2 is 1.89 bits per heavy atom. The monoisotopic (exact) mass is 418 g/mol. The fourth-order valence-electron chi connectivity index (χ4n) is 3.84. The average molecular weight is 419 g/mol. The van der Waals surface area contributed by atoms with E-state index in [2.05, 4.69) is 33.4 Å². The Labute approximate surface area is 170 Å². The van der Waals surface area contributed by atoms with Crippen molar-refractivity contribution in [3.05, 3.63) is 46.8 Å². The number of guanidine groups is 1. The molecular formula is C20H26N4O2S2. The van der Waals surface area contributed by atoms with Gasteiger partial charge in [-0.1, -0.05) is 24.6 Å². The van der Waals surface area contributed by atoms with Crippen molar-refractivity contribution in [3.8, 4) is 0 Å². The highest BCUT2D eigenvalue weighted by Gasteiger charge is 2.27. The summed E-state index contributed by atoms with van der Waals surface area (Å²) in [7, 11) is -1.58. The molecule has 6 nitrogen and oxygen atoms in total. The Hall–Kier alpha value is -1.90. The van der Waals surface area contributed by atoms with E-state index >= 15 is 0 Å². The lowest BCUT2D eigenvalue weighted by Gasteiger charge is -2.25. The normalized spacial score (nSPS) is 18.3. The number of anilines is 1. The number of hydrogen-bond acceptors (Lipinski definition) is 4. The van der Waals surface area contributed by atoms with Gasteiger partial charge in [0.2, 0.25) is 0 Å². The van der Waals surface area contributed by atoms with Crippen molar-refractivity contribution in [3.63, 3.8) is 0 Å². The van der Waals surface area contributed by atoms with Crippen LogP contribution in [0.15, 0.2) is 45.6 Å². The molecule has 3 heterocycles. The molecule has 2 aliphatic heterocycles. The van der Waals surface area contributed by atoms with Crippen LogP contribution in [0.1, 0.15) is 29.7 Å². The van der Waals surface area contributed by atoms with Gasteiger partial charge < -0.3 is 10.2 Å². The Kier molecular flexibility index (Phi) is 5.70. The fraction of sp³-hybridized carbons (Fsp3) is 0.450. The lowest BCUT2D eigenvalue weighted by molar-refractivity contribution is 0.347. The van der Waals surface area contributed by atoms with E-state index in [1.165, 1.54) is 22.6 Å². The van der Waals surface area contributed by atoms with Crippen molar-refractivity contribution in [2.75, 3.05) is 31.6 Å². The zero-order valence-corrected chi connectivity index (χ0v) is 17.7. The zero-order valence-electron chi connectivity index (χ0n) is 16.1. The molecule has 0 radical (unpaired) electrons. The van der Waals surface area contributed by atoms with Crippen LogP contribution in [0.5, 0.6) is 0 Å². The molecule has 1 N–H and O–H groups in total. The van der Waals surface area contributed by atoms with E-state index in [4.69, 9.17) is 0 Å². The van der Waals surface area contributed by atoms with E-state index in [-0.39, 0.29) is 0 Å². The van der Waals surface area contributed by atoms with Crippen LogP contribution in [0.4, 0.5) is 5.69 Å². The van der Waals surface area contributed by atoms with Crippen LogP contribution >= 0.6 is 11.3 Å². The number of nitrogens with one attached hydrogen (secondary N) is 1. The quantitative estimate of drug-likeness (QED) is 0.612. The number of benzene rings is 1. The topological polar surface area (TPSA) is 65.0 Å². The highest BCUT2D eigenvalue weighted by molar-refractivity contribution is 7.91. The van der Waals surface area contributed by atoms with Crippen molar-refractivity contribution in [1.29, 1.82) is 0 Å². The number of nitrogens with zero attached hydrogens (tertiary/aromatic N) is 3. The van der Waals surface area contributed by atoms with Crippen LogP contribution in [-0.4, -0.2) is 45.4 Å². The van der Waals surface area contributed by atoms with E-state index in [0.717, 1.165) is 43.1 Å². The molecule has 0 saturated carbocycles. The molecule has 1 fully saturated rings. The number of aliphatic imine (C=N–C) groups is 1. The molecule has 0 aliphatic carbocycles. The second-order valence-corrected chi connectivity index (χ2v) is 10.4. The molecule has 0 spiro atoms. The maximum absolute atomic E-state index is 12.8. The van der Waals surface area contributed by atoms with Gasteiger partial charge >= 0.3 is 0 Å². The number of hydrogen-bond donors (Lipinski definition) is 1. The van der Waals surface area contributed by atoms with E-state index in [1.54, 1.807) is 17.4 Å². The smallest absolute Gasteiger partial charge is 0.252 e. The summed E-state index contributed by atoms with van der Waals surface area (Å²) >= 11 is 1.35. The predicted octanol–water partition coefficient (Wildman–Crippen LogP) is 3.06. The number of piperidine rings is 1. The number of thiophene rings is 1. The molecular weight excluding hydrogens is 392 g/mol. The van der Waals surface area contributed by atoms with Crippen molar-refractivity contribution >= 4 is 33.0 Å². The molecule has 4 rings (SSSR count). The van der Waals surface area contributed by atoms with Crippen molar-refractivity contribution < 1.29 is 8.42 Å². The van der Waals surface area contributed by atoms with Crippen molar-refractivity contribution in [2.45, 2.75) is 36.4 Å². The number of fused-ring (bicyclic) bond motifs is 1. The fourth-order valence-corrected chi connectivity index (χ4v) is 6.81. The van der Waals surface area contributed by atoms with Gasteiger partial charge in [-0.25, -0.2) is 8.42 Å². The lowest BCUT2D eigenvalue weighted by Crippen LogP contribution is -2.40. The summed E-state index contributed by atoms with van der Waals surface area (Å²) in [6.45, 7) is 2.73. The maximum Gasteiger partial charge on any atom is 0.252 e. The summed E-state index contributed by atoms with van der Waals surface area (Å²) < 4.78 is 27.7.